The van der Waals surface area contributed by atoms with Crippen LogP contribution in [0.2, 0.25) is 10.0 Å². The molecule has 0 unspecified atom stereocenters. The number of anilines is 1. The molecule has 0 saturated carbocycles. The quantitative estimate of drug-likeness (QED) is 0.482. The minimum Gasteiger partial charge on any atom is -0.451 e. The van der Waals surface area contributed by atoms with Crippen molar-refractivity contribution in [2.45, 2.75) is 0 Å². The average molecular weight is 458 g/mol. The first kappa shape index (κ1) is 16.4. The van der Waals surface area contributed by atoms with Crippen LogP contribution in [0.5, 0.6) is 0 Å². The SMILES string of the molecule is O=C(Nc1ccc(I)cc1)c1ccc(-c2ccc(Cl)cc2Cl)o1. The highest BCUT2D eigenvalue weighted by Gasteiger charge is 2.14. The standard InChI is InChI=1S/C17H10Cl2INO2/c18-10-1-6-13(14(19)9-10)15-7-8-16(23-15)17(22)21-12-4-2-11(20)3-5-12/h1-9H,(H,21,22). The van der Waals surface area contributed by atoms with Crippen LogP contribution in [-0.2, 0) is 0 Å². The molecule has 23 heavy (non-hydrogen) atoms. The molecule has 3 nitrogen and oxygen atoms in total. The van der Waals surface area contributed by atoms with Gasteiger partial charge in [0, 0.05) is 19.8 Å². The fourth-order valence-electron chi connectivity index (χ4n) is 2.02. The monoisotopic (exact) mass is 457 g/mol. The van der Waals surface area contributed by atoms with E-state index >= 15 is 0 Å². The van der Waals surface area contributed by atoms with Crippen LogP contribution in [0.25, 0.3) is 11.3 Å². The van der Waals surface area contributed by atoms with Crippen molar-refractivity contribution in [3.8, 4) is 11.3 Å². The summed E-state index contributed by atoms with van der Waals surface area (Å²) in [6.07, 6.45) is 0. The molecule has 0 radical (unpaired) electrons. The Morgan fingerprint density at radius 1 is 1.00 bits per heavy atom. The number of halogens is 3. The van der Waals surface area contributed by atoms with Crippen LogP contribution in [-0.4, -0.2) is 5.91 Å². The lowest BCUT2D eigenvalue weighted by Gasteiger charge is -2.04. The molecular weight excluding hydrogens is 448 g/mol. The molecule has 1 aromatic heterocycles. The molecule has 116 valence electrons. The van der Waals surface area contributed by atoms with Gasteiger partial charge in [-0.25, -0.2) is 0 Å². The maximum Gasteiger partial charge on any atom is 0.291 e. The predicted octanol–water partition coefficient (Wildman–Crippen LogP) is 6.11. The van der Waals surface area contributed by atoms with Crippen LogP contribution in [0.15, 0.2) is 59.0 Å². The van der Waals surface area contributed by atoms with Gasteiger partial charge in [0.05, 0.1) is 5.02 Å². The van der Waals surface area contributed by atoms with E-state index in [2.05, 4.69) is 27.9 Å². The van der Waals surface area contributed by atoms with E-state index in [-0.39, 0.29) is 11.7 Å². The summed E-state index contributed by atoms with van der Waals surface area (Å²) in [4.78, 5) is 12.2. The molecule has 3 rings (SSSR count). The molecule has 0 bridgehead atoms. The smallest absolute Gasteiger partial charge is 0.291 e. The van der Waals surface area contributed by atoms with Crippen molar-refractivity contribution < 1.29 is 9.21 Å². The fraction of sp³-hybridized carbons (Fsp3) is 0. The second kappa shape index (κ2) is 6.95. The third-order valence-electron chi connectivity index (χ3n) is 3.13. The van der Waals surface area contributed by atoms with E-state index in [9.17, 15) is 4.79 Å². The number of hydrogen-bond donors (Lipinski definition) is 1. The van der Waals surface area contributed by atoms with Crippen LogP contribution in [0.3, 0.4) is 0 Å². The third kappa shape index (κ3) is 3.88. The van der Waals surface area contributed by atoms with E-state index in [0.717, 1.165) is 3.57 Å². The maximum absolute atomic E-state index is 12.2. The molecule has 0 aliphatic heterocycles. The number of benzene rings is 2. The Balaban J connectivity index is 1.81. The van der Waals surface area contributed by atoms with E-state index < -0.39 is 0 Å². The van der Waals surface area contributed by atoms with E-state index in [1.54, 1.807) is 30.3 Å². The minimum absolute atomic E-state index is 0.213. The van der Waals surface area contributed by atoms with Gasteiger partial charge in [-0.1, -0.05) is 23.2 Å². The summed E-state index contributed by atoms with van der Waals surface area (Å²) in [6, 6.07) is 15.9. The van der Waals surface area contributed by atoms with Gasteiger partial charge in [0.1, 0.15) is 5.76 Å². The summed E-state index contributed by atoms with van der Waals surface area (Å²) in [7, 11) is 0. The summed E-state index contributed by atoms with van der Waals surface area (Å²) < 4.78 is 6.70. The summed E-state index contributed by atoms with van der Waals surface area (Å²) >= 11 is 14.2. The van der Waals surface area contributed by atoms with Crippen molar-refractivity contribution in [3.63, 3.8) is 0 Å². The van der Waals surface area contributed by atoms with Crippen LogP contribution in [0, 0.1) is 3.57 Å². The van der Waals surface area contributed by atoms with Gasteiger partial charge in [0.25, 0.3) is 5.91 Å². The average Bonchev–Trinajstić information content (AvgIpc) is 2.99. The molecule has 0 atom stereocenters. The van der Waals surface area contributed by atoms with Crippen LogP contribution in [0.4, 0.5) is 5.69 Å². The number of hydrogen-bond acceptors (Lipinski definition) is 2. The van der Waals surface area contributed by atoms with Gasteiger partial charge in [-0.2, -0.15) is 0 Å². The molecule has 0 saturated heterocycles. The first-order chi connectivity index (χ1) is 11.0. The summed E-state index contributed by atoms with van der Waals surface area (Å²) in [5.74, 6) is 0.409. The molecule has 6 heteroatoms. The number of carbonyl (C=O) groups excluding carboxylic acids is 1. The number of carbonyl (C=O) groups is 1. The first-order valence-corrected chi connectivity index (χ1v) is 8.48. The van der Waals surface area contributed by atoms with Crippen molar-refractivity contribution in [1.29, 1.82) is 0 Å². The predicted molar refractivity (Wildman–Crippen MR) is 101 cm³/mol. The highest BCUT2D eigenvalue weighted by Crippen LogP contribution is 2.31. The molecule has 0 aliphatic carbocycles. The molecule has 0 aliphatic rings. The maximum atomic E-state index is 12.2. The third-order valence-corrected chi connectivity index (χ3v) is 4.40. The summed E-state index contributed by atoms with van der Waals surface area (Å²) in [5, 5.41) is 3.80. The van der Waals surface area contributed by atoms with E-state index in [1.807, 2.05) is 24.3 Å². The van der Waals surface area contributed by atoms with E-state index in [1.165, 1.54) is 0 Å². The number of rotatable bonds is 3. The second-order valence-electron chi connectivity index (χ2n) is 4.75. The zero-order chi connectivity index (χ0) is 16.4. The Morgan fingerprint density at radius 2 is 1.74 bits per heavy atom. The van der Waals surface area contributed by atoms with E-state index in [0.29, 0.717) is 27.1 Å². The van der Waals surface area contributed by atoms with Gasteiger partial charge in [-0.3, -0.25) is 4.79 Å². The molecule has 0 spiro atoms. The van der Waals surface area contributed by atoms with Crippen molar-refractivity contribution in [2.24, 2.45) is 0 Å². The molecular formula is C17H10Cl2INO2. The first-order valence-electron chi connectivity index (χ1n) is 6.65. The Bertz CT molecular complexity index is 859. The number of furan rings is 1. The van der Waals surface area contributed by atoms with Crippen molar-refractivity contribution in [1.82, 2.24) is 0 Å². The Labute approximate surface area is 156 Å². The van der Waals surface area contributed by atoms with Crippen molar-refractivity contribution >= 4 is 57.4 Å². The molecule has 1 amide bonds. The Hall–Kier alpha value is -1.50. The summed E-state index contributed by atoms with van der Waals surface area (Å²) in [5.41, 5.74) is 1.39. The lowest BCUT2D eigenvalue weighted by atomic mass is 10.2. The Morgan fingerprint density at radius 3 is 2.43 bits per heavy atom. The molecule has 1 N–H and O–H groups in total. The van der Waals surface area contributed by atoms with Crippen molar-refractivity contribution in [2.75, 3.05) is 5.32 Å². The molecule has 2 aromatic carbocycles. The van der Waals surface area contributed by atoms with Crippen LogP contribution >= 0.6 is 45.8 Å². The van der Waals surface area contributed by atoms with Gasteiger partial charge in [-0.15, -0.1) is 0 Å². The molecule has 0 fully saturated rings. The van der Waals surface area contributed by atoms with Gasteiger partial charge in [-0.05, 0) is 77.2 Å². The fourth-order valence-corrected chi connectivity index (χ4v) is 2.88. The van der Waals surface area contributed by atoms with Crippen LogP contribution < -0.4 is 5.32 Å². The van der Waals surface area contributed by atoms with Crippen LogP contribution in [0.1, 0.15) is 10.6 Å². The topological polar surface area (TPSA) is 42.2 Å². The molecule has 1 heterocycles. The largest absolute Gasteiger partial charge is 0.451 e. The zero-order valence-corrected chi connectivity index (χ0v) is 15.3. The van der Waals surface area contributed by atoms with E-state index in [4.69, 9.17) is 27.6 Å². The van der Waals surface area contributed by atoms with Crippen molar-refractivity contribution in [3.05, 3.63) is 74.0 Å². The number of nitrogens with one attached hydrogen (secondary N) is 1. The van der Waals surface area contributed by atoms with Gasteiger partial charge in [0.15, 0.2) is 5.76 Å². The number of amides is 1. The highest BCUT2D eigenvalue weighted by atomic mass is 127. The lowest BCUT2D eigenvalue weighted by molar-refractivity contribution is 0.0997. The second-order valence-corrected chi connectivity index (χ2v) is 6.84. The highest BCUT2D eigenvalue weighted by molar-refractivity contribution is 14.1. The van der Waals surface area contributed by atoms with Gasteiger partial charge < -0.3 is 9.73 Å². The zero-order valence-electron chi connectivity index (χ0n) is 11.6. The minimum atomic E-state index is -0.317. The normalized spacial score (nSPS) is 10.6. The van der Waals surface area contributed by atoms with Gasteiger partial charge >= 0.3 is 0 Å². The summed E-state index contributed by atoms with van der Waals surface area (Å²) in [6.45, 7) is 0. The van der Waals surface area contributed by atoms with Gasteiger partial charge in [0.2, 0.25) is 0 Å². The Kier molecular flexibility index (Phi) is 4.94. The lowest BCUT2D eigenvalue weighted by Crippen LogP contribution is -2.10. The molecule has 3 aromatic rings.